The summed E-state index contributed by atoms with van der Waals surface area (Å²) in [4.78, 5) is 0. The maximum atomic E-state index is 3.56. The number of halogens is 1. The number of hydrogen-bond donors (Lipinski definition) is 1. The van der Waals surface area contributed by atoms with E-state index in [1.54, 1.807) is 0 Å². The van der Waals surface area contributed by atoms with Crippen LogP contribution in [0.25, 0.3) is 0 Å². The molecule has 0 aliphatic rings. The molecule has 1 rings (SSSR count). The molecule has 1 aromatic carbocycles. The molecule has 0 fully saturated rings. The highest BCUT2D eigenvalue weighted by Gasteiger charge is 1.96. The summed E-state index contributed by atoms with van der Waals surface area (Å²) in [5, 5.41) is 3.56. The van der Waals surface area contributed by atoms with Gasteiger partial charge in [0.15, 0.2) is 0 Å². The summed E-state index contributed by atoms with van der Waals surface area (Å²) in [5.74, 6) is 0.891. The van der Waals surface area contributed by atoms with Gasteiger partial charge in [-0.25, -0.2) is 0 Å². The van der Waals surface area contributed by atoms with E-state index < -0.39 is 0 Å². The molecule has 170 valence electrons. The van der Waals surface area contributed by atoms with Crippen LogP contribution in [0.5, 0.6) is 0 Å². The molecule has 0 heterocycles. The Morgan fingerprint density at radius 3 is 1.45 bits per heavy atom. The van der Waals surface area contributed by atoms with Gasteiger partial charge in [0.25, 0.3) is 0 Å². The lowest BCUT2D eigenvalue weighted by atomic mass is 10.0. The van der Waals surface area contributed by atoms with Crippen LogP contribution in [0.15, 0.2) is 30.3 Å². The Bertz CT molecular complexity index is 418. The summed E-state index contributed by atoms with van der Waals surface area (Å²) in [5.41, 5.74) is 1.39. The van der Waals surface area contributed by atoms with Crippen molar-refractivity contribution in [2.45, 2.75) is 123 Å². The highest BCUT2D eigenvalue weighted by atomic mass is 79.9. The van der Waals surface area contributed by atoms with E-state index in [0.29, 0.717) is 0 Å². The van der Waals surface area contributed by atoms with Crippen molar-refractivity contribution in [1.82, 2.24) is 5.32 Å². The van der Waals surface area contributed by atoms with Gasteiger partial charge < -0.3 is 5.32 Å². The predicted molar refractivity (Wildman–Crippen MR) is 137 cm³/mol. The first-order valence-electron chi connectivity index (χ1n) is 12.5. The summed E-state index contributed by atoms with van der Waals surface area (Å²) >= 11 is 0. The van der Waals surface area contributed by atoms with E-state index in [4.69, 9.17) is 0 Å². The van der Waals surface area contributed by atoms with Gasteiger partial charge >= 0.3 is 0 Å². The fourth-order valence-electron chi connectivity index (χ4n) is 3.93. The molecule has 0 amide bonds. The van der Waals surface area contributed by atoms with Crippen LogP contribution in [0.1, 0.15) is 122 Å². The van der Waals surface area contributed by atoms with Crippen molar-refractivity contribution in [2.24, 2.45) is 5.92 Å². The highest BCUT2D eigenvalue weighted by Crippen LogP contribution is 2.14. The third-order valence-electron chi connectivity index (χ3n) is 5.81. The Morgan fingerprint density at radius 1 is 0.586 bits per heavy atom. The third-order valence-corrected chi connectivity index (χ3v) is 5.81. The van der Waals surface area contributed by atoms with Crippen LogP contribution >= 0.6 is 17.0 Å². The van der Waals surface area contributed by atoms with Gasteiger partial charge in [0.05, 0.1) is 0 Å². The molecule has 0 aliphatic carbocycles. The van der Waals surface area contributed by atoms with Gasteiger partial charge in [0, 0.05) is 6.54 Å². The Kier molecular flexibility index (Phi) is 22.1. The first-order chi connectivity index (χ1) is 13.8. The van der Waals surface area contributed by atoms with Crippen LogP contribution in [0.2, 0.25) is 0 Å². The lowest BCUT2D eigenvalue weighted by Gasteiger charge is -2.06. The molecule has 0 spiro atoms. The lowest BCUT2D eigenvalue weighted by molar-refractivity contribution is 0.501. The predicted octanol–water partition coefficient (Wildman–Crippen LogP) is 9.25. The third kappa shape index (κ3) is 20.7. The molecular weight excluding hydrogens is 418 g/mol. The van der Waals surface area contributed by atoms with E-state index in [2.05, 4.69) is 49.5 Å². The number of rotatable bonds is 20. The van der Waals surface area contributed by atoms with E-state index >= 15 is 0 Å². The first kappa shape index (κ1) is 28.7. The standard InChI is InChI=1S/C27H49N.BrH/c1-26(2)21-17-14-12-10-8-6-4-3-5-7-9-11-13-15-20-24-28-25-27-22-18-16-19-23-27;/h16,18-19,22-23,26,28H,3-15,17,20-21,24-25H2,1-2H3;1H. The van der Waals surface area contributed by atoms with Crippen LogP contribution in [0, 0.1) is 5.92 Å². The zero-order valence-electron chi connectivity index (χ0n) is 19.6. The number of hydrogen-bond acceptors (Lipinski definition) is 1. The molecule has 0 aromatic heterocycles. The minimum absolute atomic E-state index is 0. The van der Waals surface area contributed by atoms with Crippen molar-refractivity contribution in [3.8, 4) is 0 Å². The second-order valence-electron chi connectivity index (χ2n) is 9.15. The van der Waals surface area contributed by atoms with Crippen molar-refractivity contribution < 1.29 is 0 Å². The van der Waals surface area contributed by atoms with Crippen LogP contribution in [0.4, 0.5) is 0 Å². The van der Waals surface area contributed by atoms with Gasteiger partial charge in [0.2, 0.25) is 0 Å². The Labute approximate surface area is 193 Å². The normalized spacial score (nSPS) is 11.0. The fraction of sp³-hybridized carbons (Fsp3) is 0.778. The van der Waals surface area contributed by atoms with E-state index in [0.717, 1.165) is 19.0 Å². The summed E-state index contributed by atoms with van der Waals surface area (Å²) in [7, 11) is 0. The molecule has 0 atom stereocenters. The van der Waals surface area contributed by atoms with Gasteiger partial charge in [-0.3, -0.25) is 0 Å². The summed E-state index contributed by atoms with van der Waals surface area (Å²) < 4.78 is 0. The molecule has 1 aromatic rings. The molecule has 0 radical (unpaired) electrons. The van der Waals surface area contributed by atoms with Gasteiger partial charge in [-0.05, 0) is 24.4 Å². The maximum Gasteiger partial charge on any atom is 0.0205 e. The van der Waals surface area contributed by atoms with Crippen molar-refractivity contribution in [3.63, 3.8) is 0 Å². The summed E-state index contributed by atoms with van der Waals surface area (Å²) in [6, 6.07) is 10.7. The molecule has 1 N–H and O–H groups in total. The van der Waals surface area contributed by atoms with Gasteiger partial charge in [-0.1, -0.05) is 140 Å². The minimum Gasteiger partial charge on any atom is -0.313 e. The summed E-state index contributed by atoms with van der Waals surface area (Å²) in [6.07, 6.45) is 23.1. The van der Waals surface area contributed by atoms with E-state index in [1.807, 2.05) is 0 Å². The first-order valence-corrected chi connectivity index (χ1v) is 12.5. The van der Waals surface area contributed by atoms with Crippen LogP contribution in [-0.2, 0) is 6.54 Å². The van der Waals surface area contributed by atoms with Crippen LogP contribution in [0.3, 0.4) is 0 Å². The molecule has 0 unspecified atom stereocenters. The average molecular weight is 469 g/mol. The van der Waals surface area contributed by atoms with Crippen molar-refractivity contribution in [3.05, 3.63) is 35.9 Å². The number of benzene rings is 1. The monoisotopic (exact) mass is 467 g/mol. The van der Waals surface area contributed by atoms with Gasteiger partial charge in [-0.15, -0.1) is 17.0 Å². The minimum atomic E-state index is 0. The smallest absolute Gasteiger partial charge is 0.0205 e. The molecule has 0 aliphatic heterocycles. The molecule has 1 nitrogen and oxygen atoms in total. The molecular formula is C27H50BrN. The molecule has 0 saturated heterocycles. The maximum absolute atomic E-state index is 3.56. The Balaban J connectivity index is 0.00000784. The largest absolute Gasteiger partial charge is 0.313 e. The van der Waals surface area contributed by atoms with Gasteiger partial charge in [-0.2, -0.15) is 0 Å². The Hall–Kier alpha value is -0.340. The van der Waals surface area contributed by atoms with Crippen LogP contribution in [-0.4, -0.2) is 6.54 Å². The van der Waals surface area contributed by atoms with Crippen LogP contribution < -0.4 is 5.32 Å². The zero-order chi connectivity index (χ0) is 20.1. The van der Waals surface area contributed by atoms with E-state index in [1.165, 1.54) is 108 Å². The Morgan fingerprint density at radius 2 is 1.00 bits per heavy atom. The topological polar surface area (TPSA) is 12.0 Å². The summed E-state index contributed by atoms with van der Waals surface area (Å²) in [6.45, 7) is 6.85. The number of nitrogens with one attached hydrogen (secondary N) is 1. The zero-order valence-corrected chi connectivity index (χ0v) is 21.3. The van der Waals surface area contributed by atoms with E-state index in [9.17, 15) is 0 Å². The second-order valence-corrected chi connectivity index (χ2v) is 9.15. The fourth-order valence-corrected chi connectivity index (χ4v) is 3.93. The molecule has 0 bridgehead atoms. The van der Waals surface area contributed by atoms with Crippen molar-refractivity contribution in [2.75, 3.05) is 6.54 Å². The van der Waals surface area contributed by atoms with Crippen molar-refractivity contribution in [1.29, 1.82) is 0 Å². The van der Waals surface area contributed by atoms with Gasteiger partial charge in [0.1, 0.15) is 0 Å². The number of unbranched alkanes of at least 4 members (excludes halogenated alkanes) is 14. The quantitative estimate of drug-likeness (QED) is 0.188. The molecule has 0 saturated carbocycles. The second kappa shape index (κ2) is 22.3. The SMILES string of the molecule is Br.CC(C)CCCCCCCCCCCCCCCCCNCc1ccccc1. The molecule has 2 heteroatoms. The average Bonchev–Trinajstić information content (AvgIpc) is 2.70. The highest BCUT2D eigenvalue weighted by molar-refractivity contribution is 8.93. The van der Waals surface area contributed by atoms with Crippen molar-refractivity contribution >= 4 is 17.0 Å². The molecule has 29 heavy (non-hydrogen) atoms. The lowest BCUT2D eigenvalue weighted by Crippen LogP contribution is -2.14. The van der Waals surface area contributed by atoms with E-state index in [-0.39, 0.29) is 17.0 Å².